The fourth-order valence-corrected chi connectivity index (χ4v) is 2.10. The average Bonchev–Trinajstić information content (AvgIpc) is 2.82. The number of hydrogen-bond donors (Lipinski definition) is 2. The van der Waals surface area contributed by atoms with Crippen molar-refractivity contribution in [3.63, 3.8) is 0 Å². The van der Waals surface area contributed by atoms with Gasteiger partial charge in [-0.25, -0.2) is 4.98 Å². The van der Waals surface area contributed by atoms with Crippen LogP contribution in [0.3, 0.4) is 0 Å². The summed E-state index contributed by atoms with van der Waals surface area (Å²) in [5, 5.41) is 2.79. The van der Waals surface area contributed by atoms with Crippen LogP contribution in [0.4, 0.5) is 11.5 Å². The van der Waals surface area contributed by atoms with Crippen molar-refractivity contribution >= 4 is 42.2 Å². The zero-order valence-corrected chi connectivity index (χ0v) is 13.2. The fraction of sp³-hybridized carbons (Fsp3) is 0.538. The Balaban J connectivity index is 0.00000180. The maximum Gasteiger partial charge on any atom is 0.225 e. The summed E-state index contributed by atoms with van der Waals surface area (Å²) in [6.45, 7) is 3.96. The van der Waals surface area contributed by atoms with E-state index in [1.165, 1.54) is 12.8 Å². The maximum atomic E-state index is 11.5. The quantitative estimate of drug-likeness (QED) is 0.892. The summed E-state index contributed by atoms with van der Waals surface area (Å²) in [5.41, 5.74) is 6.30. The number of aromatic nitrogens is 1. The summed E-state index contributed by atoms with van der Waals surface area (Å²) < 4.78 is 0. The summed E-state index contributed by atoms with van der Waals surface area (Å²) in [5.74, 6) is 0.915. The molecule has 1 aromatic rings. The van der Waals surface area contributed by atoms with Crippen molar-refractivity contribution in [2.24, 2.45) is 5.73 Å². The van der Waals surface area contributed by atoms with Crippen molar-refractivity contribution in [3.8, 4) is 0 Å². The van der Waals surface area contributed by atoms with E-state index >= 15 is 0 Å². The monoisotopic (exact) mass is 320 g/mol. The van der Waals surface area contributed by atoms with Gasteiger partial charge >= 0.3 is 0 Å². The van der Waals surface area contributed by atoms with Crippen molar-refractivity contribution < 1.29 is 4.79 Å². The molecule has 0 radical (unpaired) electrons. The Labute approximate surface area is 132 Å². The van der Waals surface area contributed by atoms with Gasteiger partial charge in [-0.15, -0.1) is 24.8 Å². The highest BCUT2D eigenvalue weighted by Gasteiger charge is 2.13. The molecule has 1 unspecified atom stereocenters. The molecule has 0 aliphatic carbocycles. The van der Waals surface area contributed by atoms with E-state index in [0.717, 1.165) is 24.6 Å². The fourth-order valence-electron chi connectivity index (χ4n) is 2.10. The second-order valence-corrected chi connectivity index (χ2v) is 4.83. The third-order valence-corrected chi connectivity index (χ3v) is 2.97. The number of anilines is 2. The first-order chi connectivity index (χ1) is 8.65. The van der Waals surface area contributed by atoms with Gasteiger partial charge in [-0.1, -0.05) is 0 Å². The number of nitrogens with zero attached hydrogens (tertiary/aromatic N) is 2. The van der Waals surface area contributed by atoms with E-state index in [9.17, 15) is 4.79 Å². The van der Waals surface area contributed by atoms with Gasteiger partial charge in [0.1, 0.15) is 5.82 Å². The number of carbonyl (C=O) groups excluding carboxylic acids is 1. The summed E-state index contributed by atoms with van der Waals surface area (Å²) in [4.78, 5) is 18.2. The van der Waals surface area contributed by atoms with Crippen LogP contribution >= 0.6 is 24.8 Å². The van der Waals surface area contributed by atoms with Crippen LogP contribution in [-0.4, -0.2) is 30.0 Å². The number of pyridine rings is 1. The third-order valence-electron chi connectivity index (χ3n) is 2.97. The SMILES string of the molecule is CC(N)CC(=O)Nc1ccc(N2CCCC2)nc1.Cl.Cl. The number of nitrogens with one attached hydrogen (secondary N) is 1. The summed E-state index contributed by atoms with van der Waals surface area (Å²) in [6, 6.07) is 3.72. The van der Waals surface area contributed by atoms with Crippen LogP contribution in [0.25, 0.3) is 0 Å². The minimum atomic E-state index is -0.123. The molecule has 20 heavy (non-hydrogen) atoms. The molecule has 0 saturated carbocycles. The van der Waals surface area contributed by atoms with E-state index in [1.807, 2.05) is 19.1 Å². The van der Waals surface area contributed by atoms with Gasteiger partial charge in [-0.2, -0.15) is 0 Å². The molecule has 2 heterocycles. The molecule has 0 spiro atoms. The number of carbonyl (C=O) groups is 1. The molecule has 1 fully saturated rings. The van der Waals surface area contributed by atoms with Crippen LogP contribution in [0.5, 0.6) is 0 Å². The van der Waals surface area contributed by atoms with Crippen LogP contribution < -0.4 is 16.0 Å². The van der Waals surface area contributed by atoms with Crippen LogP contribution in [-0.2, 0) is 4.79 Å². The molecule has 2 rings (SSSR count). The van der Waals surface area contributed by atoms with Gasteiger partial charge in [-0.3, -0.25) is 4.79 Å². The van der Waals surface area contributed by atoms with Crippen molar-refractivity contribution in [2.45, 2.75) is 32.2 Å². The number of halogens is 2. The second kappa shape index (κ2) is 9.00. The molecule has 3 N–H and O–H groups in total. The molecule has 5 nitrogen and oxygen atoms in total. The van der Waals surface area contributed by atoms with E-state index in [0.29, 0.717) is 6.42 Å². The van der Waals surface area contributed by atoms with Crippen LogP contribution in [0, 0.1) is 0 Å². The molecule has 114 valence electrons. The lowest BCUT2D eigenvalue weighted by Crippen LogP contribution is -2.24. The average molecular weight is 321 g/mol. The Hall–Kier alpha value is -1.04. The van der Waals surface area contributed by atoms with Gasteiger partial charge in [-0.05, 0) is 31.9 Å². The van der Waals surface area contributed by atoms with Gasteiger partial charge in [0.15, 0.2) is 0 Å². The number of nitrogens with two attached hydrogens (primary N) is 1. The number of rotatable bonds is 4. The van der Waals surface area contributed by atoms with Crippen molar-refractivity contribution in [1.82, 2.24) is 4.98 Å². The van der Waals surface area contributed by atoms with E-state index in [-0.39, 0.29) is 36.8 Å². The molecular weight excluding hydrogens is 299 g/mol. The van der Waals surface area contributed by atoms with Gasteiger partial charge in [0, 0.05) is 25.6 Å². The smallest absolute Gasteiger partial charge is 0.225 e. The molecule has 0 bridgehead atoms. The molecule has 0 aromatic carbocycles. The maximum absolute atomic E-state index is 11.5. The normalized spacial score (nSPS) is 15.0. The van der Waals surface area contributed by atoms with E-state index in [4.69, 9.17) is 5.73 Å². The second-order valence-electron chi connectivity index (χ2n) is 4.83. The first-order valence-electron chi connectivity index (χ1n) is 6.41. The Kier molecular flexibility index (Phi) is 8.53. The third kappa shape index (κ3) is 5.53. The van der Waals surface area contributed by atoms with Gasteiger partial charge in [0.2, 0.25) is 5.91 Å². The Bertz CT molecular complexity index is 405. The highest BCUT2D eigenvalue weighted by atomic mass is 35.5. The minimum absolute atomic E-state index is 0. The molecule has 1 atom stereocenters. The largest absolute Gasteiger partial charge is 0.357 e. The van der Waals surface area contributed by atoms with Crippen molar-refractivity contribution in [1.29, 1.82) is 0 Å². The van der Waals surface area contributed by atoms with Crippen molar-refractivity contribution in [2.75, 3.05) is 23.3 Å². The van der Waals surface area contributed by atoms with Gasteiger partial charge < -0.3 is 16.0 Å². The zero-order chi connectivity index (χ0) is 13.0. The Morgan fingerprint density at radius 2 is 2.05 bits per heavy atom. The lowest BCUT2D eigenvalue weighted by Gasteiger charge is -2.16. The first-order valence-corrected chi connectivity index (χ1v) is 6.41. The van der Waals surface area contributed by atoms with E-state index in [1.54, 1.807) is 6.20 Å². The van der Waals surface area contributed by atoms with Crippen LogP contribution in [0.2, 0.25) is 0 Å². The number of amides is 1. The Morgan fingerprint density at radius 1 is 1.40 bits per heavy atom. The van der Waals surface area contributed by atoms with E-state index < -0.39 is 0 Å². The van der Waals surface area contributed by atoms with Gasteiger partial charge in [0.25, 0.3) is 0 Å². The molecule has 1 amide bonds. The Morgan fingerprint density at radius 3 is 2.55 bits per heavy atom. The lowest BCUT2D eigenvalue weighted by molar-refractivity contribution is -0.116. The highest BCUT2D eigenvalue weighted by Crippen LogP contribution is 2.19. The topological polar surface area (TPSA) is 71.2 Å². The highest BCUT2D eigenvalue weighted by molar-refractivity contribution is 5.90. The van der Waals surface area contributed by atoms with Gasteiger partial charge in [0.05, 0.1) is 11.9 Å². The lowest BCUT2D eigenvalue weighted by atomic mass is 10.2. The standard InChI is InChI=1S/C13H20N4O.2ClH/c1-10(14)8-13(18)16-11-4-5-12(15-9-11)17-6-2-3-7-17;;/h4-5,9-10H,2-3,6-8,14H2,1H3,(H,16,18);2*1H. The first kappa shape index (κ1) is 19.0. The molecule has 7 heteroatoms. The predicted octanol–water partition coefficient (Wildman–Crippen LogP) is 2.20. The zero-order valence-electron chi connectivity index (χ0n) is 11.5. The molecule has 1 saturated heterocycles. The summed E-state index contributed by atoms with van der Waals surface area (Å²) >= 11 is 0. The molecule has 1 aliphatic heterocycles. The molecular formula is C13H22Cl2N4O. The van der Waals surface area contributed by atoms with Crippen molar-refractivity contribution in [3.05, 3.63) is 18.3 Å². The van der Waals surface area contributed by atoms with Crippen LogP contribution in [0.1, 0.15) is 26.2 Å². The van der Waals surface area contributed by atoms with E-state index in [2.05, 4.69) is 15.2 Å². The predicted molar refractivity (Wildman–Crippen MR) is 87.1 cm³/mol. The number of hydrogen-bond acceptors (Lipinski definition) is 4. The molecule has 1 aromatic heterocycles. The minimum Gasteiger partial charge on any atom is -0.357 e. The summed E-state index contributed by atoms with van der Waals surface area (Å²) in [7, 11) is 0. The summed E-state index contributed by atoms with van der Waals surface area (Å²) in [6.07, 6.45) is 4.49. The molecule has 1 aliphatic rings. The van der Waals surface area contributed by atoms with Crippen LogP contribution in [0.15, 0.2) is 18.3 Å².